The van der Waals surface area contributed by atoms with E-state index in [2.05, 4.69) is 30.7 Å². The zero-order chi connectivity index (χ0) is 45.7. The number of phenolic OH excluding ortho intramolecular Hbond substituents is 2. The van der Waals surface area contributed by atoms with Crippen molar-refractivity contribution in [1.29, 1.82) is 0 Å². The van der Waals surface area contributed by atoms with Crippen molar-refractivity contribution in [2.75, 3.05) is 25.7 Å². The highest BCUT2D eigenvalue weighted by atomic mass is 32.2. The van der Waals surface area contributed by atoms with Crippen LogP contribution in [0.2, 0.25) is 0 Å². The van der Waals surface area contributed by atoms with E-state index >= 15 is 0 Å². The molecular formula is C34H28N8O16S4. The van der Waals surface area contributed by atoms with Crippen LogP contribution in [0.4, 0.5) is 45.5 Å². The first-order chi connectivity index (χ1) is 28.8. The molecule has 6 aromatic carbocycles. The van der Waals surface area contributed by atoms with Gasteiger partial charge in [0.2, 0.25) is 0 Å². The summed E-state index contributed by atoms with van der Waals surface area (Å²) in [5.74, 6) is -1.79. The number of anilines is 2. The van der Waals surface area contributed by atoms with Crippen LogP contribution in [0.5, 0.6) is 23.0 Å². The minimum Gasteiger partial charge on any atom is -0.505 e. The lowest BCUT2D eigenvalue weighted by atomic mass is 10.1. The number of benzene rings is 6. The lowest BCUT2D eigenvalue weighted by molar-refractivity contribution is 0.415. The summed E-state index contributed by atoms with van der Waals surface area (Å²) < 4.78 is 145. The first-order valence-corrected chi connectivity index (χ1v) is 22.3. The van der Waals surface area contributed by atoms with E-state index in [4.69, 9.17) is 20.9 Å². The Kier molecular flexibility index (Phi) is 11.6. The Balaban J connectivity index is 1.30. The van der Waals surface area contributed by atoms with Crippen LogP contribution in [0.3, 0.4) is 0 Å². The third-order valence-corrected chi connectivity index (χ3v) is 12.0. The Labute approximate surface area is 349 Å². The molecule has 0 radical (unpaired) electrons. The third kappa shape index (κ3) is 9.06. The molecule has 0 saturated carbocycles. The molecule has 28 heteroatoms. The number of nitrogen functional groups attached to an aromatic ring is 2. The molecule has 6 rings (SSSR count). The van der Waals surface area contributed by atoms with E-state index in [1.165, 1.54) is 50.6 Å². The van der Waals surface area contributed by atoms with E-state index < -0.39 is 82.9 Å². The van der Waals surface area contributed by atoms with E-state index in [-0.39, 0.29) is 67.2 Å². The topological polar surface area (TPSA) is 403 Å². The van der Waals surface area contributed by atoms with Gasteiger partial charge in [-0.2, -0.15) is 43.9 Å². The molecule has 0 atom stereocenters. The summed E-state index contributed by atoms with van der Waals surface area (Å²) in [7, 11) is -17.4. The number of ether oxygens (including phenoxy) is 2. The lowest BCUT2D eigenvalue weighted by Crippen LogP contribution is -2.02. The minimum atomic E-state index is -5.13. The third-order valence-electron chi connectivity index (χ3n) is 8.58. The largest absolute Gasteiger partial charge is 0.505 e. The number of nitrogens with zero attached hydrogens (tertiary/aromatic N) is 6. The van der Waals surface area contributed by atoms with Crippen LogP contribution in [0.1, 0.15) is 0 Å². The van der Waals surface area contributed by atoms with E-state index in [9.17, 15) is 62.1 Å². The first kappa shape index (κ1) is 44.6. The zero-order valence-corrected chi connectivity index (χ0v) is 34.4. The number of rotatable bonds is 12. The van der Waals surface area contributed by atoms with E-state index in [1.807, 2.05) is 0 Å². The summed E-state index contributed by atoms with van der Waals surface area (Å²) in [6.45, 7) is 0. The van der Waals surface area contributed by atoms with Crippen LogP contribution in [0.25, 0.3) is 21.5 Å². The molecule has 0 aromatic heterocycles. The smallest absolute Gasteiger partial charge is 0.296 e. The average Bonchev–Trinajstić information content (AvgIpc) is 3.17. The van der Waals surface area contributed by atoms with Gasteiger partial charge in [-0.25, -0.2) is 0 Å². The quantitative estimate of drug-likeness (QED) is 0.0354. The number of phenols is 2. The van der Waals surface area contributed by atoms with Gasteiger partial charge in [-0.3, -0.25) is 18.2 Å². The number of aromatic hydroxyl groups is 2. The van der Waals surface area contributed by atoms with Crippen LogP contribution in [-0.2, 0) is 40.5 Å². The van der Waals surface area contributed by atoms with E-state index in [1.54, 1.807) is 0 Å². The highest BCUT2D eigenvalue weighted by Gasteiger charge is 2.27. The molecule has 324 valence electrons. The molecule has 62 heavy (non-hydrogen) atoms. The van der Waals surface area contributed by atoms with Gasteiger partial charge in [0.25, 0.3) is 40.5 Å². The maximum absolute atomic E-state index is 12.3. The highest BCUT2D eigenvalue weighted by molar-refractivity contribution is 7.86. The van der Waals surface area contributed by atoms with Crippen molar-refractivity contribution < 1.29 is 71.6 Å². The van der Waals surface area contributed by atoms with Crippen LogP contribution in [0, 0.1) is 0 Å². The van der Waals surface area contributed by atoms with Crippen molar-refractivity contribution in [3.63, 3.8) is 0 Å². The first-order valence-electron chi connectivity index (χ1n) is 16.5. The van der Waals surface area contributed by atoms with Crippen LogP contribution >= 0.6 is 0 Å². The SMILES string of the molecule is COc1cc(N=Nc2ccc(N=Nc3c(S(=O)(=O)O)cc4cc(S(=O)(=O)O)cc(N)c4c3O)c(OC)c2)ccc1N=Nc1c(S(=O)(=O)O)cc2cc(S(=O)(=O)O)cc(N)c2c1O. The molecule has 10 N–H and O–H groups in total. The van der Waals surface area contributed by atoms with Gasteiger partial charge in [0.15, 0.2) is 11.5 Å². The summed E-state index contributed by atoms with van der Waals surface area (Å²) in [4.78, 5) is -3.39. The fourth-order valence-corrected chi connectivity index (χ4v) is 8.23. The number of hydrogen-bond acceptors (Lipinski definition) is 20. The molecule has 0 fully saturated rings. The summed E-state index contributed by atoms with van der Waals surface area (Å²) in [5.41, 5.74) is 9.74. The Morgan fingerprint density at radius 2 is 0.823 bits per heavy atom. The average molecular weight is 933 g/mol. The van der Waals surface area contributed by atoms with Crippen LogP contribution < -0.4 is 20.9 Å². The van der Waals surface area contributed by atoms with E-state index in [0.717, 1.165) is 36.4 Å². The molecular weight excluding hydrogens is 905 g/mol. The van der Waals surface area contributed by atoms with Crippen LogP contribution in [0.15, 0.2) is 123 Å². The monoisotopic (exact) mass is 932 g/mol. The predicted octanol–water partition coefficient (Wildman–Crippen LogP) is 6.82. The molecule has 0 unspecified atom stereocenters. The molecule has 0 bridgehead atoms. The molecule has 0 aliphatic rings. The number of methoxy groups -OCH3 is 2. The number of hydrogen-bond donors (Lipinski definition) is 8. The zero-order valence-electron chi connectivity index (χ0n) is 31.2. The van der Waals surface area contributed by atoms with Gasteiger partial charge in [-0.15, -0.1) is 20.5 Å². The normalized spacial score (nSPS) is 12.9. The highest BCUT2D eigenvalue weighted by Crippen LogP contribution is 2.47. The van der Waals surface area contributed by atoms with Gasteiger partial charge in [0.1, 0.15) is 44.0 Å². The van der Waals surface area contributed by atoms with Gasteiger partial charge in [-0.1, -0.05) is 0 Å². The van der Waals surface area contributed by atoms with Gasteiger partial charge >= 0.3 is 0 Å². The van der Waals surface area contributed by atoms with Gasteiger partial charge in [0.05, 0.1) is 35.4 Å². The predicted molar refractivity (Wildman–Crippen MR) is 218 cm³/mol. The molecule has 0 heterocycles. The van der Waals surface area contributed by atoms with Crippen molar-refractivity contribution in [2.45, 2.75) is 19.6 Å². The molecule has 0 spiro atoms. The van der Waals surface area contributed by atoms with Gasteiger partial charge in [-0.05, 0) is 71.4 Å². The second-order valence-electron chi connectivity index (χ2n) is 12.6. The molecule has 0 aliphatic heterocycles. The Morgan fingerprint density at radius 3 is 1.13 bits per heavy atom. The molecule has 0 amide bonds. The van der Waals surface area contributed by atoms with Crippen molar-refractivity contribution in [2.24, 2.45) is 30.7 Å². The summed E-state index contributed by atoms with van der Waals surface area (Å²) in [6, 6.07) is 12.9. The maximum Gasteiger partial charge on any atom is 0.296 e. The standard InChI is InChI=1S/C34H28N8O16S4/c1-57-25-11-17(3-5-23(25)39-41-31-27(61(51,52)53)9-15-7-19(59(45,46)47)13-21(35)29(15)33(31)43)37-38-18-4-6-24(26(12-18)58-2)40-42-32-28(62(54,55)56)10-16-8-20(60(48,49)50)14-22(36)30(16)34(32)44/h3-14,43-44H,35-36H2,1-2H3,(H,45,46,47)(H,48,49,50)(H,51,52,53)(H,54,55,56). The fraction of sp³-hybridized carbons (Fsp3) is 0.0588. The Hall–Kier alpha value is -6.92. The fourth-order valence-electron chi connectivity index (χ4n) is 5.81. The van der Waals surface area contributed by atoms with Crippen molar-refractivity contribution in [3.05, 3.63) is 72.8 Å². The lowest BCUT2D eigenvalue weighted by Gasteiger charge is -2.12. The minimum absolute atomic E-state index is 0.00589. The summed E-state index contributed by atoms with van der Waals surface area (Å²) in [6.07, 6.45) is 0. The maximum atomic E-state index is 12.3. The number of fused-ring (bicyclic) bond motifs is 2. The van der Waals surface area contributed by atoms with Crippen molar-refractivity contribution >= 4 is 108 Å². The number of azo groups is 3. The number of nitrogens with two attached hydrogens (primary N) is 2. The summed E-state index contributed by atoms with van der Waals surface area (Å²) in [5, 5.41) is 44.6. The molecule has 0 aliphatic carbocycles. The Bertz CT molecular complexity index is 3210. The van der Waals surface area contributed by atoms with Crippen molar-refractivity contribution in [3.8, 4) is 23.0 Å². The van der Waals surface area contributed by atoms with Crippen molar-refractivity contribution in [1.82, 2.24) is 0 Å². The second kappa shape index (κ2) is 16.2. The molecule has 24 nitrogen and oxygen atoms in total. The second-order valence-corrected chi connectivity index (χ2v) is 18.2. The van der Waals surface area contributed by atoms with Crippen LogP contribution in [-0.4, -0.2) is 76.3 Å². The van der Waals surface area contributed by atoms with Gasteiger partial charge < -0.3 is 31.2 Å². The molecule has 6 aromatic rings. The molecule has 0 saturated heterocycles. The summed E-state index contributed by atoms with van der Waals surface area (Å²) >= 11 is 0. The Morgan fingerprint density at radius 1 is 0.468 bits per heavy atom. The van der Waals surface area contributed by atoms with E-state index in [0.29, 0.717) is 0 Å². The van der Waals surface area contributed by atoms with Gasteiger partial charge in [0, 0.05) is 34.3 Å².